The molecule has 1 fully saturated rings. The topological polar surface area (TPSA) is 66.8 Å². The van der Waals surface area contributed by atoms with Crippen LogP contribution in [0.2, 0.25) is 0 Å². The fraction of sp³-hybridized carbons (Fsp3) is 0.667. The van der Waals surface area contributed by atoms with Crippen molar-refractivity contribution in [3.63, 3.8) is 0 Å². The van der Waals surface area contributed by atoms with Crippen molar-refractivity contribution in [1.82, 2.24) is 25.5 Å². The molecular weight excluding hydrogens is 332 g/mol. The van der Waals surface area contributed by atoms with E-state index in [-0.39, 0.29) is 0 Å². The van der Waals surface area contributed by atoms with Crippen molar-refractivity contribution in [2.75, 3.05) is 24.5 Å². The van der Waals surface area contributed by atoms with Crippen molar-refractivity contribution < 1.29 is 0 Å². The molecule has 25 heavy (non-hydrogen) atoms. The predicted molar refractivity (Wildman–Crippen MR) is 102 cm³/mol. The fourth-order valence-electron chi connectivity index (χ4n) is 3.13. The molecule has 7 heteroatoms. The van der Waals surface area contributed by atoms with Gasteiger partial charge in [0.15, 0.2) is 0 Å². The highest BCUT2D eigenvalue weighted by Crippen LogP contribution is 2.21. The Hall–Kier alpha value is -1.60. The number of piperidine rings is 1. The van der Waals surface area contributed by atoms with Gasteiger partial charge in [-0.1, -0.05) is 13.8 Å². The first kappa shape index (κ1) is 18.2. The van der Waals surface area contributed by atoms with Gasteiger partial charge in [0.1, 0.15) is 21.7 Å². The van der Waals surface area contributed by atoms with Crippen LogP contribution in [0.4, 0.5) is 5.82 Å². The largest absolute Gasteiger partial charge is 0.356 e. The molecule has 0 unspecified atom stereocenters. The number of hydrogen-bond acceptors (Lipinski definition) is 7. The molecule has 6 nitrogen and oxygen atoms in total. The highest BCUT2D eigenvalue weighted by atomic mass is 32.1. The van der Waals surface area contributed by atoms with Crippen LogP contribution < -0.4 is 10.2 Å². The number of aromatic nitrogens is 4. The third-order valence-electron chi connectivity index (χ3n) is 4.53. The van der Waals surface area contributed by atoms with E-state index >= 15 is 0 Å². The third kappa shape index (κ3) is 4.95. The molecule has 0 aromatic carbocycles. The monoisotopic (exact) mass is 360 g/mol. The van der Waals surface area contributed by atoms with Gasteiger partial charge in [-0.3, -0.25) is 0 Å². The van der Waals surface area contributed by atoms with Gasteiger partial charge in [0.25, 0.3) is 0 Å². The van der Waals surface area contributed by atoms with E-state index in [0.29, 0.717) is 12.0 Å². The smallest absolute Gasteiger partial charge is 0.133 e. The molecule has 0 aliphatic carbocycles. The summed E-state index contributed by atoms with van der Waals surface area (Å²) >= 11 is 1.69. The molecule has 0 atom stereocenters. The van der Waals surface area contributed by atoms with E-state index in [1.807, 2.05) is 6.92 Å². The Bertz CT molecular complexity index is 691. The molecule has 2 aromatic rings. The Labute approximate surface area is 154 Å². The van der Waals surface area contributed by atoms with E-state index in [4.69, 9.17) is 4.98 Å². The standard InChI is InChI=1S/C18H28N6S/c1-12(2)18-20-13(3)11-16(21-18)24-9-6-15(7-10-24)19-8-5-17-23-22-14(4)25-17/h11-12,15,19H,5-10H2,1-4H3. The van der Waals surface area contributed by atoms with E-state index in [2.05, 4.69) is 52.2 Å². The molecule has 0 bridgehead atoms. The number of nitrogens with zero attached hydrogens (tertiary/aromatic N) is 5. The van der Waals surface area contributed by atoms with Gasteiger partial charge in [-0.15, -0.1) is 21.5 Å². The van der Waals surface area contributed by atoms with Crippen molar-refractivity contribution in [3.8, 4) is 0 Å². The number of anilines is 1. The minimum absolute atomic E-state index is 0.363. The molecule has 1 saturated heterocycles. The molecule has 1 aliphatic rings. The lowest BCUT2D eigenvalue weighted by molar-refractivity contribution is 0.415. The van der Waals surface area contributed by atoms with E-state index < -0.39 is 0 Å². The van der Waals surface area contributed by atoms with Crippen LogP contribution in [-0.4, -0.2) is 45.8 Å². The summed E-state index contributed by atoms with van der Waals surface area (Å²) in [5, 5.41) is 14.1. The summed E-state index contributed by atoms with van der Waals surface area (Å²) in [7, 11) is 0. The summed E-state index contributed by atoms with van der Waals surface area (Å²) < 4.78 is 0. The van der Waals surface area contributed by atoms with Gasteiger partial charge in [-0.2, -0.15) is 0 Å². The highest BCUT2D eigenvalue weighted by Gasteiger charge is 2.21. The molecule has 3 heterocycles. The lowest BCUT2D eigenvalue weighted by atomic mass is 10.0. The molecule has 2 aromatic heterocycles. The predicted octanol–water partition coefficient (Wildman–Crippen LogP) is 2.87. The first-order valence-corrected chi connectivity index (χ1v) is 9.96. The average Bonchev–Trinajstić information content (AvgIpc) is 3.00. The fourth-order valence-corrected chi connectivity index (χ4v) is 3.84. The maximum absolute atomic E-state index is 4.77. The van der Waals surface area contributed by atoms with E-state index in [0.717, 1.165) is 66.2 Å². The number of rotatable bonds is 6. The van der Waals surface area contributed by atoms with E-state index in [9.17, 15) is 0 Å². The van der Waals surface area contributed by atoms with Gasteiger partial charge in [-0.05, 0) is 26.7 Å². The number of nitrogens with one attached hydrogen (secondary N) is 1. The van der Waals surface area contributed by atoms with Gasteiger partial charge in [-0.25, -0.2) is 9.97 Å². The SMILES string of the molecule is Cc1cc(N2CCC(NCCc3nnc(C)s3)CC2)nc(C(C)C)n1. The lowest BCUT2D eigenvalue weighted by Gasteiger charge is -2.33. The summed E-state index contributed by atoms with van der Waals surface area (Å²) in [5.74, 6) is 2.39. The Kier molecular flexibility index (Phi) is 5.96. The van der Waals surface area contributed by atoms with Crippen LogP contribution in [0.25, 0.3) is 0 Å². The molecule has 1 aliphatic heterocycles. The molecule has 0 radical (unpaired) electrons. The average molecular weight is 361 g/mol. The third-order valence-corrected chi connectivity index (χ3v) is 5.43. The summed E-state index contributed by atoms with van der Waals surface area (Å²) in [6.07, 6.45) is 3.26. The van der Waals surface area contributed by atoms with Crippen LogP contribution in [0.3, 0.4) is 0 Å². The Morgan fingerprint density at radius 3 is 2.60 bits per heavy atom. The zero-order valence-electron chi connectivity index (χ0n) is 15.6. The van der Waals surface area contributed by atoms with Crippen LogP contribution in [0, 0.1) is 13.8 Å². The normalized spacial score (nSPS) is 16.0. The second-order valence-electron chi connectivity index (χ2n) is 7.06. The maximum Gasteiger partial charge on any atom is 0.133 e. The molecule has 1 N–H and O–H groups in total. The number of aryl methyl sites for hydroxylation is 2. The lowest BCUT2D eigenvalue weighted by Crippen LogP contribution is -2.43. The first-order valence-electron chi connectivity index (χ1n) is 9.14. The van der Waals surface area contributed by atoms with Gasteiger partial charge in [0.2, 0.25) is 0 Å². The summed E-state index contributed by atoms with van der Waals surface area (Å²) in [6.45, 7) is 11.4. The van der Waals surface area contributed by atoms with Crippen LogP contribution in [0.1, 0.15) is 54.1 Å². The van der Waals surface area contributed by atoms with Crippen molar-refractivity contribution in [3.05, 3.63) is 27.6 Å². The van der Waals surface area contributed by atoms with Crippen LogP contribution in [-0.2, 0) is 6.42 Å². The van der Waals surface area contributed by atoms with Crippen LogP contribution in [0.5, 0.6) is 0 Å². The first-order chi connectivity index (χ1) is 12.0. The second kappa shape index (κ2) is 8.19. The molecule has 0 amide bonds. The zero-order valence-corrected chi connectivity index (χ0v) is 16.4. The zero-order chi connectivity index (χ0) is 17.8. The molecule has 3 rings (SSSR count). The highest BCUT2D eigenvalue weighted by molar-refractivity contribution is 7.11. The minimum Gasteiger partial charge on any atom is -0.356 e. The maximum atomic E-state index is 4.77. The summed E-state index contributed by atoms with van der Waals surface area (Å²) in [5.41, 5.74) is 1.06. The van der Waals surface area contributed by atoms with Crippen molar-refractivity contribution in [2.24, 2.45) is 0 Å². The summed E-state index contributed by atoms with van der Waals surface area (Å²) in [6, 6.07) is 2.69. The van der Waals surface area contributed by atoms with Crippen LogP contribution >= 0.6 is 11.3 Å². The molecule has 0 spiro atoms. The Morgan fingerprint density at radius 2 is 1.96 bits per heavy atom. The van der Waals surface area contributed by atoms with Crippen molar-refractivity contribution in [2.45, 2.75) is 58.9 Å². The minimum atomic E-state index is 0.363. The number of hydrogen-bond donors (Lipinski definition) is 1. The molecular formula is C18H28N6S. The van der Waals surface area contributed by atoms with Gasteiger partial charge in [0, 0.05) is 49.8 Å². The van der Waals surface area contributed by atoms with E-state index in [1.165, 1.54) is 0 Å². The molecule has 136 valence electrons. The van der Waals surface area contributed by atoms with Crippen molar-refractivity contribution in [1.29, 1.82) is 0 Å². The van der Waals surface area contributed by atoms with Gasteiger partial charge in [0.05, 0.1) is 0 Å². The van der Waals surface area contributed by atoms with Crippen LogP contribution in [0.15, 0.2) is 6.07 Å². The summed E-state index contributed by atoms with van der Waals surface area (Å²) in [4.78, 5) is 11.7. The van der Waals surface area contributed by atoms with Crippen molar-refractivity contribution >= 4 is 17.2 Å². The van der Waals surface area contributed by atoms with Gasteiger partial charge < -0.3 is 10.2 Å². The Morgan fingerprint density at radius 1 is 1.20 bits per heavy atom. The second-order valence-corrected chi connectivity index (χ2v) is 8.33. The molecule has 0 saturated carbocycles. The van der Waals surface area contributed by atoms with E-state index in [1.54, 1.807) is 11.3 Å². The quantitative estimate of drug-likeness (QED) is 0.854. The van der Waals surface area contributed by atoms with Gasteiger partial charge >= 0.3 is 0 Å². The Balaban J connectivity index is 1.48.